The highest BCUT2D eigenvalue weighted by molar-refractivity contribution is 9.10. The Morgan fingerprint density at radius 3 is 3.00 bits per heavy atom. The lowest BCUT2D eigenvalue weighted by atomic mass is 9.81. The summed E-state index contributed by atoms with van der Waals surface area (Å²) >= 11 is 16.0. The standard InChI is InChI=1S/C14H13BrCl2N4/c15-10-5-18-13-11(12(10)17)14(7-19-13)2-1-9(3-14)21-6-8(16)4-20-21/h4-6,9H,1-3,7H2,(H,18,19). The molecule has 0 radical (unpaired) electrons. The number of anilines is 1. The summed E-state index contributed by atoms with van der Waals surface area (Å²) in [4.78, 5) is 4.45. The van der Waals surface area contributed by atoms with Crippen molar-refractivity contribution in [1.29, 1.82) is 0 Å². The highest BCUT2D eigenvalue weighted by Gasteiger charge is 2.48. The second-order valence-corrected chi connectivity index (χ2v) is 7.48. The summed E-state index contributed by atoms with van der Waals surface area (Å²) in [5.41, 5.74) is 1.20. The molecular weight excluding hydrogens is 375 g/mol. The highest BCUT2D eigenvalue weighted by atomic mass is 79.9. The molecule has 0 aromatic carbocycles. The van der Waals surface area contributed by atoms with Crippen LogP contribution in [0, 0.1) is 0 Å². The van der Waals surface area contributed by atoms with Gasteiger partial charge >= 0.3 is 0 Å². The molecule has 1 aliphatic carbocycles. The van der Waals surface area contributed by atoms with E-state index in [0.717, 1.165) is 46.7 Å². The second kappa shape index (κ2) is 4.86. The van der Waals surface area contributed by atoms with Crippen LogP contribution in [0.25, 0.3) is 0 Å². The number of halogens is 3. The SMILES string of the molecule is Clc1cnn(C2CCC3(CNc4ncc(Br)c(Cl)c43)C2)c1. The van der Waals surface area contributed by atoms with Crippen LogP contribution >= 0.6 is 39.1 Å². The van der Waals surface area contributed by atoms with Crippen LogP contribution in [0.5, 0.6) is 0 Å². The van der Waals surface area contributed by atoms with Crippen LogP contribution in [0.1, 0.15) is 30.9 Å². The predicted octanol–water partition coefficient (Wildman–Crippen LogP) is 4.44. The molecule has 1 aliphatic heterocycles. The second-order valence-electron chi connectivity index (χ2n) is 5.81. The van der Waals surface area contributed by atoms with E-state index >= 15 is 0 Å². The number of nitrogens with zero attached hydrogens (tertiary/aromatic N) is 3. The Hall–Kier alpha value is -0.780. The minimum Gasteiger partial charge on any atom is -0.369 e. The summed E-state index contributed by atoms with van der Waals surface area (Å²) in [6.45, 7) is 0.886. The summed E-state index contributed by atoms with van der Waals surface area (Å²) in [7, 11) is 0. The molecule has 21 heavy (non-hydrogen) atoms. The quantitative estimate of drug-likeness (QED) is 0.786. The van der Waals surface area contributed by atoms with Gasteiger partial charge in [0.2, 0.25) is 0 Å². The maximum Gasteiger partial charge on any atom is 0.131 e. The molecule has 2 aromatic rings. The molecule has 1 N–H and O–H groups in total. The average Bonchev–Trinajstić information content (AvgIpc) is 3.15. The average molecular weight is 388 g/mol. The first-order chi connectivity index (χ1) is 10.1. The van der Waals surface area contributed by atoms with Gasteiger partial charge in [-0.05, 0) is 35.2 Å². The van der Waals surface area contributed by atoms with Crippen molar-refractivity contribution in [3.8, 4) is 0 Å². The van der Waals surface area contributed by atoms with Crippen molar-refractivity contribution < 1.29 is 0 Å². The van der Waals surface area contributed by atoms with Crippen molar-refractivity contribution >= 4 is 44.9 Å². The fourth-order valence-corrected chi connectivity index (χ4v) is 4.43. The summed E-state index contributed by atoms with van der Waals surface area (Å²) in [6.07, 6.45) is 8.50. The molecule has 1 spiro atoms. The minimum absolute atomic E-state index is 0.0479. The molecule has 2 aliphatic rings. The number of fused-ring (bicyclic) bond motifs is 2. The maximum atomic E-state index is 6.54. The van der Waals surface area contributed by atoms with Gasteiger partial charge in [-0.3, -0.25) is 4.68 Å². The molecule has 0 amide bonds. The summed E-state index contributed by atoms with van der Waals surface area (Å²) in [5, 5.41) is 9.23. The van der Waals surface area contributed by atoms with Crippen molar-refractivity contribution in [3.63, 3.8) is 0 Å². The Morgan fingerprint density at radius 1 is 1.38 bits per heavy atom. The van der Waals surface area contributed by atoms with Gasteiger partial charge in [0.05, 0.1) is 26.8 Å². The summed E-state index contributed by atoms with van der Waals surface area (Å²) < 4.78 is 2.84. The fraction of sp³-hybridized carbons (Fsp3) is 0.429. The third-order valence-corrected chi connectivity index (χ3v) is 6.04. The van der Waals surface area contributed by atoms with Crippen molar-refractivity contribution in [2.45, 2.75) is 30.7 Å². The lowest BCUT2D eigenvalue weighted by Crippen LogP contribution is -2.25. The van der Waals surface area contributed by atoms with Gasteiger partial charge in [-0.25, -0.2) is 4.98 Å². The fourth-order valence-electron chi connectivity index (χ4n) is 3.65. The third kappa shape index (κ3) is 2.09. The number of aromatic nitrogens is 3. The van der Waals surface area contributed by atoms with E-state index in [0.29, 0.717) is 11.1 Å². The van der Waals surface area contributed by atoms with Crippen LogP contribution in [0.3, 0.4) is 0 Å². The molecule has 1 fully saturated rings. The van der Waals surface area contributed by atoms with Crippen molar-refractivity contribution in [2.24, 2.45) is 0 Å². The van der Waals surface area contributed by atoms with Gasteiger partial charge in [-0.15, -0.1) is 0 Å². The summed E-state index contributed by atoms with van der Waals surface area (Å²) in [6, 6.07) is 0.361. The van der Waals surface area contributed by atoms with Crippen LogP contribution in [0.15, 0.2) is 23.1 Å². The first-order valence-corrected chi connectivity index (χ1v) is 8.42. The molecule has 4 nitrogen and oxygen atoms in total. The molecule has 110 valence electrons. The van der Waals surface area contributed by atoms with Crippen molar-refractivity contribution in [1.82, 2.24) is 14.8 Å². The van der Waals surface area contributed by atoms with Crippen LogP contribution < -0.4 is 5.32 Å². The first kappa shape index (κ1) is 13.9. The van der Waals surface area contributed by atoms with Gasteiger partial charge < -0.3 is 5.32 Å². The smallest absolute Gasteiger partial charge is 0.131 e. The van der Waals surface area contributed by atoms with E-state index in [1.807, 2.05) is 10.9 Å². The van der Waals surface area contributed by atoms with Crippen LogP contribution in [-0.2, 0) is 5.41 Å². The van der Waals surface area contributed by atoms with E-state index in [4.69, 9.17) is 23.2 Å². The highest BCUT2D eigenvalue weighted by Crippen LogP contribution is 2.54. The zero-order valence-electron chi connectivity index (χ0n) is 11.1. The molecule has 2 aromatic heterocycles. The monoisotopic (exact) mass is 386 g/mol. The van der Waals surface area contributed by atoms with Gasteiger partial charge in [0.25, 0.3) is 0 Å². The topological polar surface area (TPSA) is 42.7 Å². The van der Waals surface area contributed by atoms with Crippen molar-refractivity contribution in [2.75, 3.05) is 11.9 Å². The van der Waals surface area contributed by atoms with E-state index in [2.05, 4.69) is 31.3 Å². The Bertz CT molecular complexity index is 717. The predicted molar refractivity (Wildman–Crippen MR) is 87.2 cm³/mol. The van der Waals surface area contributed by atoms with Crippen LogP contribution in [0.4, 0.5) is 5.82 Å². The van der Waals surface area contributed by atoms with Gasteiger partial charge in [0.1, 0.15) is 5.82 Å². The molecule has 3 heterocycles. The Kier molecular flexibility index (Phi) is 3.21. The zero-order chi connectivity index (χ0) is 14.6. The molecule has 2 atom stereocenters. The van der Waals surface area contributed by atoms with E-state index in [1.165, 1.54) is 0 Å². The first-order valence-electron chi connectivity index (χ1n) is 6.87. The molecular formula is C14H13BrCl2N4. The molecule has 7 heteroatoms. The van der Waals surface area contributed by atoms with E-state index < -0.39 is 0 Å². The Morgan fingerprint density at radius 2 is 2.24 bits per heavy atom. The maximum absolute atomic E-state index is 6.54. The van der Waals surface area contributed by atoms with Gasteiger partial charge in [-0.2, -0.15) is 5.10 Å². The number of hydrogen-bond donors (Lipinski definition) is 1. The largest absolute Gasteiger partial charge is 0.369 e. The lowest BCUT2D eigenvalue weighted by Gasteiger charge is -2.24. The normalized spacial score (nSPS) is 27.1. The molecule has 4 rings (SSSR count). The number of pyridine rings is 1. The van der Waals surface area contributed by atoms with E-state index in [9.17, 15) is 0 Å². The number of rotatable bonds is 1. The molecule has 0 bridgehead atoms. The van der Waals surface area contributed by atoms with E-state index in [-0.39, 0.29) is 5.41 Å². The minimum atomic E-state index is 0.0479. The number of nitrogens with one attached hydrogen (secondary N) is 1. The van der Waals surface area contributed by atoms with Gasteiger partial charge in [0, 0.05) is 29.9 Å². The molecule has 2 unspecified atom stereocenters. The van der Waals surface area contributed by atoms with E-state index in [1.54, 1.807) is 12.4 Å². The number of hydrogen-bond acceptors (Lipinski definition) is 3. The molecule has 0 saturated heterocycles. The van der Waals surface area contributed by atoms with Crippen LogP contribution in [0.2, 0.25) is 10.0 Å². The zero-order valence-corrected chi connectivity index (χ0v) is 14.2. The lowest BCUT2D eigenvalue weighted by molar-refractivity contribution is 0.418. The third-order valence-electron chi connectivity index (χ3n) is 4.62. The van der Waals surface area contributed by atoms with Gasteiger partial charge in [0.15, 0.2) is 0 Å². The summed E-state index contributed by atoms with van der Waals surface area (Å²) in [5.74, 6) is 0.919. The Balaban J connectivity index is 1.72. The van der Waals surface area contributed by atoms with Crippen molar-refractivity contribution in [3.05, 3.63) is 38.7 Å². The molecule has 1 saturated carbocycles. The Labute approximate surface area is 141 Å². The van der Waals surface area contributed by atoms with Crippen LogP contribution in [-0.4, -0.2) is 21.3 Å². The van der Waals surface area contributed by atoms with Gasteiger partial charge in [-0.1, -0.05) is 23.2 Å².